The average molecular weight is 298 g/mol. The average Bonchev–Trinajstić information content (AvgIpc) is 2.47. The topological polar surface area (TPSA) is 68.0 Å². The second-order valence-electron chi connectivity index (χ2n) is 4.57. The maximum absolute atomic E-state index is 11.5. The summed E-state index contributed by atoms with van der Waals surface area (Å²) in [7, 11) is 0. The van der Waals surface area contributed by atoms with Crippen LogP contribution in [0, 0.1) is 0 Å². The first-order valence-corrected chi connectivity index (χ1v) is 6.73. The van der Waals surface area contributed by atoms with Gasteiger partial charge in [0.05, 0.1) is 5.56 Å². The lowest BCUT2D eigenvalue weighted by molar-refractivity contribution is 0.100. The summed E-state index contributed by atoms with van der Waals surface area (Å²) < 4.78 is 0. The van der Waals surface area contributed by atoms with E-state index in [4.69, 9.17) is 17.3 Å². The third-order valence-electron chi connectivity index (χ3n) is 3.15. The molecule has 1 aromatic heterocycles. The number of fused-ring (bicyclic) bond motifs is 1. The number of nitrogens with zero attached hydrogens (tertiary/aromatic N) is 1. The van der Waals surface area contributed by atoms with Crippen molar-refractivity contribution in [1.29, 1.82) is 0 Å². The zero-order valence-corrected chi connectivity index (χ0v) is 11.8. The van der Waals surface area contributed by atoms with Crippen molar-refractivity contribution in [1.82, 2.24) is 4.98 Å². The quantitative estimate of drug-likeness (QED) is 0.774. The van der Waals surface area contributed by atoms with Gasteiger partial charge in [-0.3, -0.25) is 4.79 Å². The van der Waals surface area contributed by atoms with E-state index in [1.54, 1.807) is 12.1 Å². The van der Waals surface area contributed by atoms with Gasteiger partial charge in [0.1, 0.15) is 5.82 Å². The van der Waals surface area contributed by atoms with Gasteiger partial charge < -0.3 is 11.1 Å². The number of aromatic nitrogens is 1. The molecule has 0 aliphatic carbocycles. The molecule has 0 atom stereocenters. The molecule has 4 nitrogen and oxygen atoms in total. The highest BCUT2D eigenvalue weighted by atomic mass is 35.5. The van der Waals surface area contributed by atoms with Crippen LogP contribution in [0.5, 0.6) is 0 Å². The summed E-state index contributed by atoms with van der Waals surface area (Å²) in [6, 6.07) is 14.8. The van der Waals surface area contributed by atoms with Gasteiger partial charge in [-0.25, -0.2) is 4.98 Å². The van der Waals surface area contributed by atoms with E-state index >= 15 is 0 Å². The summed E-state index contributed by atoms with van der Waals surface area (Å²) in [5.41, 5.74) is 6.62. The normalized spacial score (nSPS) is 10.5. The van der Waals surface area contributed by atoms with Gasteiger partial charge in [-0.15, -0.1) is 0 Å². The number of benzene rings is 2. The number of halogens is 1. The van der Waals surface area contributed by atoms with E-state index in [1.807, 2.05) is 36.4 Å². The van der Waals surface area contributed by atoms with Crippen LogP contribution in [-0.2, 0) is 0 Å². The summed E-state index contributed by atoms with van der Waals surface area (Å²) in [6.07, 6.45) is 1.48. The Hall–Kier alpha value is -2.59. The molecule has 0 aliphatic rings. The van der Waals surface area contributed by atoms with Crippen LogP contribution in [0.25, 0.3) is 10.8 Å². The Morgan fingerprint density at radius 3 is 2.57 bits per heavy atom. The molecular weight excluding hydrogens is 286 g/mol. The Morgan fingerprint density at radius 1 is 1.10 bits per heavy atom. The molecule has 0 aliphatic heterocycles. The molecule has 0 bridgehead atoms. The van der Waals surface area contributed by atoms with E-state index in [0.29, 0.717) is 16.4 Å². The van der Waals surface area contributed by atoms with Crippen LogP contribution >= 0.6 is 11.6 Å². The minimum Gasteiger partial charge on any atom is -0.366 e. The zero-order chi connectivity index (χ0) is 14.8. The maximum atomic E-state index is 11.5. The molecule has 1 amide bonds. The van der Waals surface area contributed by atoms with E-state index < -0.39 is 5.91 Å². The molecule has 0 saturated carbocycles. The summed E-state index contributed by atoms with van der Waals surface area (Å²) in [4.78, 5) is 15.8. The molecule has 0 fully saturated rings. The van der Waals surface area contributed by atoms with Gasteiger partial charge in [-0.1, -0.05) is 41.9 Å². The fraction of sp³-hybridized carbons (Fsp3) is 0. The highest BCUT2D eigenvalue weighted by Gasteiger charge is 2.11. The first kappa shape index (κ1) is 13.4. The second kappa shape index (κ2) is 5.42. The van der Waals surface area contributed by atoms with E-state index in [9.17, 15) is 4.79 Å². The highest BCUT2D eigenvalue weighted by Crippen LogP contribution is 2.27. The smallest absolute Gasteiger partial charge is 0.250 e. The van der Waals surface area contributed by atoms with Crippen molar-refractivity contribution in [3.8, 4) is 0 Å². The zero-order valence-electron chi connectivity index (χ0n) is 11.0. The number of amides is 1. The number of nitrogens with two attached hydrogens (primary N) is 1. The SMILES string of the molecule is NC(=O)c1cnc(Nc2cccc(Cl)c2)c2ccccc12. The van der Waals surface area contributed by atoms with Gasteiger partial charge in [0.15, 0.2) is 0 Å². The Kier molecular flexibility index (Phi) is 3.46. The lowest BCUT2D eigenvalue weighted by Crippen LogP contribution is -2.12. The van der Waals surface area contributed by atoms with Crippen LogP contribution in [0.2, 0.25) is 5.02 Å². The van der Waals surface area contributed by atoms with Crippen molar-refractivity contribution < 1.29 is 4.79 Å². The van der Waals surface area contributed by atoms with Gasteiger partial charge in [0.25, 0.3) is 5.91 Å². The lowest BCUT2D eigenvalue weighted by Gasteiger charge is -2.11. The number of carbonyl (C=O) groups excluding carboxylic acids is 1. The number of primary amides is 1. The molecule has 0 spiro atoms. The van der Waals surface area contributed by atoms with Crippen molar-refractivity contribution >= 4 is 39.8 Å². The molecule has 0 radical (unpaired) electrons. The minimum atomic E-state index is -0.493. The van der Waals surface area contributed by atoms with E-state index in [-0.39, 0.29) is 0 Å². The van der Waals surface area contributed by atoms with Crippen LogP contribution in [0.15, 0.2) is 54.7 Å². The van der Waals surface area contributed by atoms with E-state index in [1.165, 1.54) is 6.20 Å². The third kappa shape index (κ3) is 2.66. The molecule has 2 aromatic carbocycles. The Morgan fingerprint density at radius 2 is 1.86 bits per heavy atom. The highest BCUT2D eigenvalue weighted by molar-refractivity contribution is 6.30. The fourth-order valence-corrected chi connectivity index (χ4v) is 2.38. The first-order chi connectivity index (χ1) is 10.1. The first-order valence-electron chi connectivity index (χ1n) is 6.35. The molecular formula is C16H12ClN3O. The second-order valence-corrected chi connectivity index (χ2v) is 5.00. The number of rotatable bonds is 3. The number of hydrogen-bond donors (Lipinski definition) is 2. The van der Waals surface area contributed by atoms with Crippen molar-refractivity contribution in [3.05, 3.63) is 65.3 Å². The van der Waals surface area contributed by atoms with Crippen molar-refractivity contribution in [2.45, 2.75) is 0 Å². The van der Waals surface area contributed by atoms with Gasteiger partial charge in [-0.2, -0.15) is 0 Å². The van der Waals surface area contributed by atoms with Crippen LogP contribution in [0.1, 0.15) is 10.4 Å². The standard InChI is InChI=1S/C16H12ClN3O/c17-10-4-3-5-11(8-10)20-16-13-7-2-1-6-12(13)14(9-19-16)15(18)21/h1-9H,(H2,18,21)(H,19,20). The number of hydrogen-bond acceptors (Lipinski definition) is 3. The largest absolute Gasteiger partial charge is 0.366 e. The predicted octanol–water partition coefficient (Wildman–Crippen LogP) is 3.73. The molecule has 0 saturated heterocycles. The van der Waals surface area contributed by atoms with Gasteiger partial charge in [0.2, 0.25) is 0 Å². The summed E-state index contributed by atoms with van der Waals surface area (Å²) in [5, 5.41) is 5.44. The Labute approximate surface area is 126 Å². The van der Waals surface area contributed by atoms with Crippen LogP contribution < -0.4 is 11.1 Å². The van der Waals surface area contributed by atoms with Crippen LogP contribution in [0.3, 0.4) is 0 Å². The summed E-state index contributed by atoms with van der Waals surface area (Å²) in [5.74, 6) is 0.158. The Balaban J connectivity index is 2.12. The van der Waals surface area contributed by atoms with Crippen molar-refractivity contribution in [3.63, 3.8) is 0 Å². The molecule has 0 unspecified atom stereocenters. The maximum Gasteiger partial charge on any atom is 0.250 e. The summed E-state index contributed by atoms with van der Waals surface area (Å²) >= 11 is 5.97. The van der Waals surface area contributed by atoms with E-state index in [0.717, 1.165) is 16.5 Å². The van der Waals surface area contributed by atoms with E-state index in [2.05, 4.69) is 10.3 Å². The molecule has 3 rings (SSSR count). The number of nitrogens with one attached hydrogen (secondary N) is 1. The molecule has 3 N–H and O–H groups in total. The van der Waals surface area contributed by atoms with Crippen LogP contribution in [-0.4, -0.2) is 10.9 Å². The third-order valence-corrected chi connectivity index (χ3v) is 3.38. The number of carbonyl (C=O) groups is 1. The molecule has 104 valence electrons. The van der Waals surface area contributed by atoms with Gasteiger partial charge in [0, 0.05) is 22.3 Å². The lowest BCUT2D eigenvalue weighted by atomic mass is 10.1. The molecule has 1 heterocycles. The summed E-state index contributed by atoms with van der Waals surface area (Å²) in [6.45, 7) is 0. The molecule has 5 heteroatoms. The van der Waals surface area contributed by atoms with Crippen LogP contribution in [0.4, 0.5) is 11.5 Å². The van der Waals surface area contributed by atoms with Gasteiger partial charge in [-0.05, 0) is 23.6 Å². The molecule has 21 heavy (non-hydrogen) atoms. The molecule has 3 aromatic rings. The van der Waals surface area contributed by atoms with Crippen molar-refractivity contribution in [2.75, 3.05) is 5.32 Å². The minimum absolute atomic E-state index is 0.405. The monoisotopic (exact) mass is 297 g/mol. The number of anilines is 2. The number of pyridine rings is 1. The van der Waals surface area contributed by atoms with Gasteiger partial charge >= 0.3 is 0 Å². The van der Waals surface area contributed by atoms with Crippen molar-refractivity contribution in [2.24, 2.45) is 5.73 Å². The predicted molar refractivity (Wildman–Crippen MR) is 85.0 cm³/mol. The fourth-order valence-electron chi connectivity index (χ4n) is 2.19. The Bertz CT molecular complexity index is 833.